The average molecular weight is 221 g/mol. The monoisotopic (exact) mass is 221 g/mol. The zero-order chi connectivity index (χ0) is 11.4. The molecule has 4 nitrogen and oxygen atoms in total. The number of hydrogen-bond acceptors (Lipinski definition) is 4. The fourth-order valence-corrected chi connectivity index (χ4v) is 2.17. The summed E-state index contributed by atoms with van der Waals surface area (Å²) in [5, 5.41) is 3.30. The van der Waals surface area contributed by atoms with Crippen molar-refractivity contribution < 1.29 is 4.74 Å². The maximum Gasteiger partial charge on any atom is 0.145 e. The lowest BCUT2D eigenvalue weighted by atomic mass is 9.93. The van der Waals surface area contributed by atoms with Crippen molar-refractivity contribution in [2.75, 3.05) is 20.3 Å². The molecule has 0 aromatic carbocycles. The van der Waals surface area contributed by atoms with E-state index in [-0.39, 0.29) is 6.04 Å². The molecule has 2 atom stereocenters. The van der Waals surface area contributed by atoms with Gasteiger partial charge in [-0.15, -0.1) is 0 Å². The van der Waals surface area contributed by atoms with Crippen molar-refractivity contribution in [1.29, 1.82) is 0 Å². The number of nitrogens with zero attached hydrogens (tertiary/aromatic N) is 2. The molecule has 2 heterocycles. The second-order valence-corrected chi connectivity index (χ2v) is 4.36. The molecular formula is C12H19N3O. The van der Waals surface area contributed by atoms with Gasteiger partial charge in [0.15, 0.2) is 0 Å². The number of aromatic nitrogens is 2. The molecule has 1 aliphatic heterocycles. The average Bonchev–Trinajstić information content (AvgIpc) is 2.34. The van der Waals surface area contributed by atoms with Crippen molar-refractivity contribution in [2.24, 2.45) is 5.92 Å². The van der Waals surface area contributed by atoms with Crippen LogP contribution in [-0.4, -0.2) is 30.2 Å². The highest BCUT2D eigenvalue weighted by Gasteiger charge is 2.26. The zero-order valence-corrected chi connectivity index (χ0v) is 9.94. The number of aryl methyl sites for hydroxylation is 1. The Balaban J connectivity index is 2.11. The molecule has 0 saturated carbocycles. The molecule has 1 saturated heterocycles. The Morgan fingerprint density at radius 3 is 2.75 bits per heavy atom. The van der Waals surface area contributed by atoms with Crippen LogP contribution in [0.2, 0.25) is 0 Å². The fraction of sp³-hybridized carbons (Fsp3) is 0.667. The Morgan fingerprint density at radius 2 is 2.19 bits per heavy atom. The van der Waals surface area contributed by atoms with Gasteiger partial charge < -0.3 is 10.1 Å². The summed E-state index contributed by atoms with van der Waals surface area (Å²) in [4.78, 5) is 8.79. The molecular weight excluding hydrogens is 202 g/mol. The lowest BCUT2D eigenvalue weighted by Crippen LogP contribution is -2.32. The van der Waals surface area contributed by atoms with Gasteiger partial charge in [0.25, 0.3) is 0 Å². The van der Waals surface area contributed by atoms with Crippen molar-refractivity contribution in [2.45, 2.75) is 25.8 Å². The van der Waals surface area contributed by atoms with Crippen LogP contribution in [0.25, 0.3) is 0 Å². The van der Waals surface area contributed by atoms with Crippen molar-refractivity contribution in [3.05, 3.63) is 23.8 Å². The SMILES string of the molecule is CNC(c1ncc(C)cn1)C1CCCOC1. The first kappa shape index (κ1) is 11.5. The predicted molar refractivity (Wildman–Crippen MR) is 62.1 cm³/mol. The standard InChI is InChI=1S/C12H19N3O/c1-9-6-14-12(15-7-9)11(13-2)10-4-3-5-16-8-10/h6-7,10-11,13H,3-5,8H2,1-2H3. The van der Waals surface area contributed by atoms with Crippen molar-refractivity contribution >= 4 is 0 Å². The van der Waals surface area contributed by atoms with Gasteiger partial charge in [-0.3, -0.25) is 0 Å². The van der Waals surface area contributed by atoms with Crippen LogP contribution in [-0.2, 0) is 4.74 Å². The van der Waals surface area contributed by atoms with Crippen LogP contribution in [0, 0.1) is 12.8 Å². The second kappa shape index (κ2) is 5.37. The summed E-state index contributed by atoms with van der Waals surface area (Å²) >= 11 is 0. The molecule has 2 rings (SSSR count). The van der Waals surface area contributed by atoms with Gasteiger partial charge in [0, 0.05) is 24.9 Å². The Labute approximate surface area is 96.4 Å². The number of hydrogen-bond donors (Lipinski definition) is 1. The summed E-state index contributed by atoms with van der Waals surface area (Å²) < 4.78 is 5.51. The Morgan fingerprint density at radius 1 is 1.44 bits per heavy atom. The zero-order valence-electron chi connectivity index (χ0n) is 9.94. The summed E-state index contributed by atoms with van der Waals surface area (Å²) in [6.45, 7) is 3.70. The van der Waals surface area contributed by atoms with Gasteiger partial charge in [-0.25, -0.2) is 9.97 Å². The van der Waals surface area contributed by atoms with E-state index in [0.717, 1.165) is 31.0 Å². The van der Waals surface area contributed by atoms with Crippen LogP contribution in [0.5, 0.6) is 0 Å². The van der Waals surface area contributed by atoms with Crippen LogP contribution < -0.4 is 5.32 Å². The maximum atomic E-state index is 5.51. The number of ether oxygens (including phenoxy) is 1. The lowest BCUT2D eigenvalue weighted by molar-refractivity contribution is 0.0389. The summed E-state index contributed by atoms with van der Waals surface area (Å²) in [6, 6.07) is 0.209. The van der Waals surface area contributed by atoms with Gasteiger partial charge in [0.05, 0.1) is 12.6 Å². The largest absolute Gasteiger partial charge is 0.381 e. The van der Waals surface area contributed by atoms with Gasteiger partial charge in [0.2, 0.25) is 0 Å². The molecule has 4 heteroatoms. The van der Waals surface area contributed by atoms with E-state index in [9.17, 15) is 0 Å². The fourth-order valence-electron chi connectivity index (χ4n) is 2.17. The highest BCUT2D eigenvalue weighted by Crippen LogP contribution is 2.26. The molecule has 0 spiro atoms. The van der Waals surface area contributed by atoms with E-state index in [1.807, 2.05) is 26.4 Å². The van der Waals surface area contributed by atoms with Gasteiger partial charge in [-0.2, -0.15) is 0 Å². The molecule has 88 valence electrons. The Bertz CT molecular complexity index is 320. The lowest BCUT2D eigenvalue weighted by Gasteiger charge is -2.28. The minimum atomic E-state index is 0.209. The Kier molecular flexibility index (Phi) is 3.85. The van der Waals surface area contributed by atoms with E-state index in [1.54, 1.807) is 0 Å². The molecule has 0 aliphatic carbocycles. The third-order valence-electron chi connectivity index (χ3n) is 3.06. The normalized spacial score (nSPS) is 23.0. The molecule has 0 amide bonds. The number of rotatable bonds is 3. The summed E-state index contributed by atoms with van der Waals surface area (Å²) in [5.74, 6) is 1.37. The minimum Gasteiger partial charge on any atom is -0.381 e. The quantitative estimate of drug-likeness (QED) is 0.839. The maximum absolute atomic E-state index is 5.51. The predicted octanol–water partition coefficient (Wildman–Crippen LogP) is 1.47. The highest BCUT2D eigenvalue weighted by molar-refractivity contribution is 5.05. The topological polar surface area (TPSA) is 47.0 Å². The molecule has 1 aromatic heterocycles. The van der Waals surface area contributed by atoms with Crippen molar-refractivity contribution in [3.63, 3.8) is 0 Å². The van der Waals surface area contributed by atoms with Gasteiger partial charge in [-0.05, 0) is 32.4 Å². The molecule has 1 aromatic rings. The first-order valence-corrected chi connectivity index (χ1v) is 5.85. The molecule has 0 bridgehead atoms. The van der Waals surface area contributed by atoms with Crippen LogP contribution in [0.4, 0.5) is 0 Å². The molecule has 1 fully saturated rings. The van der Waals surface area contributed by atoms with E-state index in [1.165, 1.54) is 6.42 Å². The van der Waals surface area contributed by atoms with E-state index in [4.69, 9.17) is 4.74 Å². The first-order chi connectivity index (χ1) is 7.81. The van der Waals surface area contributed by atoms with E-state index in [2.05, 4.69) is 15.3 Å². The van der Waals surface area contributed by atoms with E-state index >= 15 is 0 Å². The smallest absolute Gasteiger partial charge is 0.145 e. The van der Waals surface area contributed by atoms with Gasteiger partial charge >= 0.3 is 0 Å². The third-order valence-corrected chi connectivity index (χ3v) is 3.06. The molecule has 1 aliphatic rings. The van der Waals surface area contributed by atoms with Crippen LogP contribution in [0.3, 0.4) is 0 Å². The number of nitrogens with one attached hydrogen (secondary N) is 1. The van der Waals surface area contributed by atoms with E-state index in [0.29, 0.717) is 5.92 Å². The van der Waals surface area contributed by atoms with E-state index < -0.39 is 0 Å². The third kappa shape index (κ3) is 2.57. The second-order valence-electron chi connectivity index (χ2n) is 4.36. The highest BCUT2D eigenvalue weighted by atomic mass is 16.5. The van der Waals surface area contributed by atoms with Crippen molar-refractivity contribution in [1.82, 2.24) is 15.3 Å². The molecule has 1 N–H and O–H groups in total. The van der Waals surface area contributed by atoms with Crippen molar-refractivity contribution in [3.8, 4) is 0 Å². The van der Waals surface area contributed by atoms with Gasteiger partial charge in [-0.1, -0.05) is 0 Å². The van der Waals surface area contributed by atoms with Crippen LogP contribution in [0.1, 0.15) is 30.3 Å². The molecule has 16 heavy (non-hydrogen) atoms. The molecule has 2 unspecified atom stereocenters. The molecule has 0 radical (unpaired) electrons. The first-order valence-electron chi connectivity index (χ1n) is 5.85. The minimum absolute atomic E-state index is 0.209. The summed E-state index contributed by atoms with van der Waals surface area (Å²) in [7, 11) is 1.96. The van der Waals surface area contributed by atoms with Gasteiger partial charge in [0.1, 0.15) is 5.82 Å². The van der Waals surface area contributed by atoms with Crippen LogP contribution >= 0.6 is 0 Å². The summed E-state index contributed by atoms with van der Waals surface area (Å²) in [5.41, 5.74) is 1.10. The Hall–Kier alpha value is -1.00. The summed E-state index contributed by atoms with van der Waals surface area (Å²) in [6.07, 6.45) is 6.06. The van der Waals surface area contributed by atoms with Crippen LogP contribution in [0.15, 0.2) is 12.4 Å².